The lowest BCUT2D eigenvalue weighted by Crippen LogP contribution is -2.53. The zero-order valence-electron chi connectivity index (χ0n) is 14.6. The average molecular weight is 360 g/mol. The molecule has 1 N–H and O–H groups in total. The van der Waals surface area contributed by atoms with E-state index in [0.717, 1.165) is 5.56 Å². The van der Waals surface area contributed by atoms with E-state index in [1.807, 2.05) is 0 Å². The first kappa shape index (κ1) is 17.7. The maximum atomic E-state index is 12.6. The summed E-state index contributed by atoms with van der Waals surface area (Å²) in [5, 5.41) is 4.42. The molecular formula is C17H20N4O5. The zero-order valence-corrected chi connectivity index (χ0v) is 14.6. The number of carbonyl (C=O) groups excluding carboxylic acids is 2. The van der Waals surface area contributed by atoms with E-state index in [1.54, 1.807) is 30.1 Å². The lowest BCUT2D eigenvalue weighted by Gasteiger charge is -2.37. The summed E-state index contributed by atoms with van der Waals surface area (Å²) in [6.07, 6.45) is 4.42. The lowest BCUT2D eigenvalue weighted by molar-refractivity contribution is 0.0634. The van der Waals surface area contributed by atoms with Gasteiger partial charge in [0, 0.05) is 45.1 Å². The maximum absolute atomic E-state index is 12.6. The first-order chi connectivity index (χ1) is 12.5. The number of aromatic nitrogens is 1. The molecule has 1 aliphatic heterocycles. The van der Waals surface area contributed by atoms with E-state index in [1.165, 1.54) is 29.5 Å². The normalized spacial score (nSPS) is 13.7. The van der Waals surface area contributed by atoms with E-state index in [4.69, 9.17) is 9.15 Å². The number of pyridine rings is 1. The van der Waals surface area contributed by atoms with Crippen LogP contribution in [0.2, 0.25) is 0 Å². The Morgan fingerprint density at radius 2 is 2.19 bits per heavy atom. The highest BCUT2D eigenvalue weighted by Crippen LogP contribution is 2.12. The van der Waals surface area contributed by atoms with Crippen LogP contribution >= 0.6 is 0 Å². The summed E-state index contributed by atoms with van der Waals surface area (Å²) in [6, 6.07) is 2.92. The van der Waals surface area contributed by atoms with Gasteiger partial charge in [-0.1, -0.05) is 0 Å². The molecule has 2 aromatic heterocycles. The first-order valence-electron chi connectivity index (χ1n) is 8.07. The van der Waals surface area contributed by atoms with Gasteiger partial charge in [0.25, 0.3) is 11.8 Å². The van der Waals surface area contributed by atoms with Crippen LogP contribution in [-0.2, 0) is 11.3 Å². The highest BCUT2D eigenvalue weighted by Gasteiger charge is 2.28. The van der Waals surface area contributed by atoms with E-state index in [-0.39, 0.29) is 23.7 Å². The third kappa shape index (κ3) is 3.47. The van der Waals surface area contributed by atoms with E-state index in [9.17, 15) is 14.4 Å². The maximum Gasteiger partial charge on any atom is 0.274 e. The molecule has 26 heavy (non-hydrogen) atoms. The molecule has 0 aromatic carbocycles. The second kappa shape index (κ2) is 7.44. The van der Waals surface area contributed by atoms with Crippen LogP contribution in [-0.4, -0.2) is 55.4 Å². The second-order valence-electron chi connectivity index (χ2n) is 5.96. The van der Waals surface area contributed by atoms with Crippen molar-refractivity contribution in [3.05, 3.63) is 57.9 Å². The van der Waals surface area contributed by atoms with Gasteiger partial charge in [-0.3, -0.25) is 24.1 Å². The summed E-state index contributed by atoms with van der Waals surface area (Å²) in [4.78, 5) is 38.9. The molecule has 0 unspecified atom stereocenters. The number of ether oxygens (including phenoxy) is 1. The number of fused-ring (bicyclic) bond motifs is 1. The van der Waals surface area contributed by atoms with Gasteiger partial charge in [-0.15, -0.1) is 0 Å². The molecule has 3 heterocycles. The Balaban J connectivity index is 1.83. The van der Waals surface area contributed by atoms with Crippen LogP contribution in [0.5, 0.6) is 0 Å². The minimum absolute atomic E-state index is 0.0257. The number of hydrogen-bond donors (Lipinski definition) is 1. The molecule has 0 fully saturated rings. The van der Waals surface area contributed by atoms with Gasteiger partial charge in [-0.25, -0.2) is 0 Å². The highest BCUT2D eigenvalue weighted by atomic mass is 16.5. The first-order valence-corrected chi connectivity index (χ1v) is 8.07. The third-order valence-electron chi connectivity index (χ3n) is 4.12. The van der Waals surface area contributed by atoms with Crippen LogP contribution in [0.3, 0.4) is 0 Å². The van der Waals surface area contributed by atoms with Gasteiger partial charge in [-0.2, -0.15) is 0 Å². The topological polar surface area (TPSA) is 97.0 Å². The number of rotatable bonds is 6. The number of nitrogens with zero attached hydrogens (tertiary/aromatic N) is 3. The number of furan rings is 1. The summed E-state index contributed by atoms with van der Waals surface area (Å²) in [5.41, 5.74) is 0.474. The number of amides is 2. The van der Waals surface area contributed by atoms with Crippen molar-refractivity contribution in [2.45, 2.75) is 6.54 Å². The molecule has 0 saturated heterocycles. The SMILES string of the molecule is COCCN1CN(C)n2cc(C(=O)NCc3ccoc3)c(=O)cc2C1=O. The molecular weight excluding hydrogens is 340 g/mol. The Morgan fingerprint density at radius 3 is 2.88 bits per heavy atom. The van der Waals surface area contributed by atoms with Gasteiger partial charge in [0.1, 0.15) is 17.9 Å². The van der Waals surface area contributed by atoms with Gasteiger partial charge in [-0.05, 0) is 6.07 Å². The van der Waals surface area contributed by atoms with Gasteiger partial charge in [0.2, 0.25) is 0 Å². The quantitative estimate of drug-likeness (QED) is 0.779. The van der Waals surface area contributed by atoms with Crippen molar-refractivity contribution in [2.75, 3.05) is 39.0 Å². The molecule has 0 aliphatic carbocycles. The molecule has 2 amide bonds. The van der Waals surface area contributed by atoms with Crippen molar-refractivity contribution in [1.82, 2.24) is 14.9 Å². The smallest absolute Gasteiger partial charge is 0.274 e. The Labute approximate surface area is 149 Å². The van der Waals surface area contributed by atoms with Crippen molar-refractivity contribution in [2.24, 2.45) is 0 Å². The number of carbonyl (C=O) groups is 2. The van der Waals surface area contributed by atoms with Crippen LogP contribution < -0.4 is 15.8 Å². The zero-order chi connectivity index (χ0) is 18.7. The van der Waals surface area contributed by atoms with Crippen LogP contribution in [0.15, 0.2) is 40.1 Å². The van der Waals surface area contributed by atoms with Crippen LogP contribution in [0, 0.1) is 0 Å². The van der Waals surface area contributed by atoms with E-state index in [0.29, 0.717) is 19.8 Å². The Kier molecular flexibility index (Phi) is 5.08. The van der Waals surface area contributed by atoms with Gasteiger partial charge >= 0.3 is 0 Å². The minimum atomic E-state index is -0.505. The van der Waals surface area contributed by atoms with Crippen molar-refractivity contribution in [3.63, 3.8) is 0 Å². The molecule has 9 heteroatoms. The predicted molar refractivity (Wildman–Crippen MR) is 92.5 cm³/mol. The van der Waals surface area contributed by atoms with E-state index < -0.39 is 11.3 Å². The number of methoxy groups -OCH3 is 1. The summed E-state index contributed by atoms with van der Waals surface area (Å²) in [7, 11) is 3.33. The fourth-order valence-corrected chi connectivity index (χ4v) is 2.72. The van der Waals surface area contributed by atoms with Crippen molar-refractivity contribution < 1.29 is 18.7 Å². The molecule has 1 aliphatic rings. The summed E-state index contributed by atoms with van der Waals surface area (Å²) in [5.74, 6) is -0.781. The van der Waals surface area contributed by atoms with Crippen molar-refractivity contribution in [1.29, 1.82) is 0 Å². The molecule has 9 nitrogen and oxygen atoms in total. The molecule has 0 bridgehead atoms. The van der Waals surface area contributed by atoms with E-state index >= 15 is 0 Å². The van der Waals surface area contributed by atoms with Crippen LogP contribution in [0.1, 0.15) is 26.4 Å². The molecule has 0 saturated carbocycles. The lowest BCUT2D eigenvalue weighted by atomic mass is 10.2. The molecule has 2 aromatic rings. The fraction of sp³-hybridized carbons (Fsp3) is 0.353. The number of hydrogen-bond acceptors (Lipinski definition) is 6. The Morgan fingerprint density at radius 1 is 1.38 bits per heavy atom. The van der Waals surface area contributed by atoms with Gasteiger partial charge in [0.05, 0.1) is 19.1 Å². The van der Waals surface area contributed by atoms with E-state index in [2.05, 4.69) is 5.32 Å². The highest BCUT2D eigenvalue weighted by molar-refractivity contribution is 5.97. The largest absolute Gasteiger partial charge is 0.472 e. The molecule has 0 radical (unpaired) electrons. The Hall–Kier alpha value is -3.07. The fourth-order valence-electron chi connectivity index (χ4n) is 2.72. The van der Waals surface area contributed by atoms with Crippen LogP contribution in [0.4, 0.5) is 0 Å². The van der Waals surface area contributed by atoms with Crippen molar-refractivity contribution >= 4 is 11.8 Å². The number of nitrogens with one attached hydrogen (secondary N) is 1. The summed E-state index contributed by atoms with van der Waals surface area (Å²) >= 11 is 0. The summed E-state index contributed by atoms with van der Waals surface area (Å²) in [6.45, 7) is 1.39. The molecule has 0 spiro atoms. The molecule has 138 valence electrons. The Bertz CT molecular complexity index is 859. The molecule has 3 rings (SSSR count). The monoisotopic (exact) mass is 360 g/mol. The minimum Gasteiger partial charge on any atom is -0.472 e. The van der Waals surface area contributed by atoms with Crippen LogP contribution in [0.25, 0.3) is 0 Å². The van der Waals surface area contributed by atoms with Gasteiger partial charge < -0.3 is 19.4 Å². The summed E-state index contributed by atoms with van der Waals surface area (Å²) < 4.78 is 11.5. The van der Waals surface area contributed by atoms with Crippen molar-refractivity contribution in [3.8, 4) is 0 Å². The third-order valence-corrected chi connectivity index (χ3v) is 4.12. The standard InChI is InChI=1S/C17H20N4O5/c1-19-11-20(4-6-25-2)17(24)14-7-15(22)13(9-21(14)19)16(23)18-8-12-3-5-26-10-12/h3,5,7,9-10H,4,6,8,11H2,1-2H3,(H,18,23). The average Bonchev–Trinajstić information content (AvgIpc) is 3.14. The molecule has 0 atom stereocenters. The second-order valence-corrected chi connectivity index (χ2v) is 5.96. The predicted octanol–water partition coefficient (Wildman–Crippen LogP) is -0.00120. The van der Waals surface area contributed by atoms with Gasteiger partial charge in [0.15, 0.2) is 5.43 Å².